The van der Waals surface area contributed by atoms with Crippen molar-refractivity contribution >= 4 is 11.9 Å². The molecule has 1 aliphatic rings. The number of carbonyl (C=O) groups excluding carboxylic acids is 2. The number of hydrogen-bond acceptors (Lipinski definition) is 5. The quantitative estimate of drug-likeness (QED) is 0.670. The highest BCUT2D eigenvalue weighted by Crippen LogP contribution is 2.20. The van der Waals surface area contributed by atoms with Crippen LogP contribution in [-0.4, -0.2) is 48.0 Å². The predicted molar refractivity (Wildman–Crippen MR) is 112 cm³/mol. The molecule has 7 nitrogen and oxygen atoms in total. The molecule has 0 saturated heterocycles. The van der Waals surface area contributed by atoms with Crippen molar-refractivity contribution < 1.29 is 19.1 Å². The van der Waals surface area contributed by atoms with Crippen LogP contribution in [0, 0.1) is 11.8 Å². The number of rotatable bonds is 8. The number of fused-ring (bicyclic) bond motifs is 1. The van der Waals surface area contributed by atoms with E-state index in [1.54, 1.807) is 0 Å². The predicted octanol–water partition coefficient (Wildman–Crippen LogP) is 3.14. The molecule has 0 bridgehead atoms. The summed E-state index contributed by atoms with van der Waals surface area (Å²) < 4.78 is 13.1. The van der Waals surface area contributed by atoms with Gasteiger partial charge in [-0.2, -0.15) is 5.10 Å². The Kier molecular flexibility index (Phi) is 9.64. The molecule has 1 aromatic rings. The van der Waals surface area contributed by atoms with Crippen molar-refractivity contribution in [3.63, 3.8) is 0 Å². The molecule has 2 rings (SSSR count). The van der Waals surface area contributed by atoms with Crippen LogP contribution in [0.5, 0.6) is 0 Å². The number of carbonyl (C=O) groups is 2. The Bertz CT molecular complexity index is 667. The van der Waals surface area contributed by atoms with E-state index in [1.165, 1.54) is 0 Å². The summed E-state index contributed by atoms with van der Waals surface area (Å²) in [6.45, 7) is 11.0. The van der Waals surface area contributed by atoms with Gasteiger partial charge < -0.3 is 14.8 Å². The zero-order chi connectivity index (χ0) is 21.2. The van der Waals surface area contributed by atoms with Crippen LogP contribution in [0.4, 0.5) is 0 Å². The van der Waals surface area contributed by atoms with Gasteiger partial charge in [0.25, 0.3) is 5.91 Å². The number of amides is 1. The van der Waals surface area contributed by atoms with Gasteiger partial charge in [0.1, 0.15) is 0 Å². The molecular weight excluding hydrogens is 370 g/mol. The van der Waals surface area contributed by atoms with E-state index in [2.05, 4.69) is 5.32 Å². The number of nitrogens with zero attached hydrogens (tertiary/aromatic N) is 2. The van der Waals surface area contributed by atoms with Crippen molar-refractivity contribution in [1.29, 1.82) is 0 Å². The zero-order valence-electron chi connectivity index (χ0n) is 18.5. The summed E-state index contributed by atoms with van der Waals surface area (Å²) in [4.78, 5) is 25.0. The summed E-state index contributed by atoms with van der Waals surface area (Å²) in [6, 6.07) is 0. The van der Waals surface area contributed by atoms with E-state index < -0.39 is 0 Å². The van der Waals surface area contributed by atoms with Gasteiger partial charge in [-0.25, -0.2) is 0 Å². The van der Waals surface area contributed by atoms with E-state index in [1.807, 2.05) is 32.4 Å². The second-order valence-electron chi connectivity index (χ2n) is 7.88. The molecule has 1 amide bonds. The summed E-state index contributed by atoms with van der Waals surface area (Å²) in [5, 5.41) is 7.74. The van der Waals surface area contributed by atoms with Crippen LogP contribution in [0.2, 0.25) is 0 Å². The van der Waals surface area contributed by atoms with Crippen molar-refractivity contribution in [1.82, 2.24) is 15.1 Å². The average molecular weight is 408 g/mol. The molecule has 0 unspecified atom stereocenters. The van der Waals surface area contributed by atoms with Gasteiger partial charge in [0, 0.05) is 32.2 Å². The van der Waals surface area contributed by atoms with Crippen LogP contribution in [0.25, 0.3) is 0 Å². The fourth-order valence-electron chi connectivity index (χ4n) is 3.69. The van der Waals surface area contributed by atoms with Crippen LogP contribution >= 0.6 is 0 Å². The minimum Gasteiger partial charge on any atom is -0.465 e. The monoisotopic (exact) mass is 407 g/mol. The minimum absolute atomic E-state index is 0.0288. The summed E-state index contributed by atoms with van der Waals surface area (Å²) in [7, 11) is 0. The van der Waals surface area contributed by atoms with Gasteiger partial charge in [-0.15, -0.1) is 0 Å². The maximum Gasteiger partial charge on any atom is 0.308 e. The highest BCUT2D eigenvalue weighted by atomic mass is 16.5. The second-order valence-corrected chi connectivity index (χ2v) is 7.88. The van der Waals surface area contributed by atoms with Crippen molar-refractivity contribution in [3.8, 4) is 0 Å². The first-order valence-corrected chi connectivity index (χ1v) is 11.1. The molecule has 164 valence electrons. The Labute approximate surface area is 174 Å². The largest absolute Gasteiger partial charge is 0.465 e. The van der Waals surface area contributed by atoms with Gasteiger partial charge in [-0.05, 0) is 38.5 Å². The molecule has 1 aromatic heterocycles. The van der Waals surface area contributed by atoms with E-state index in [0.29, 0.717) is 39.3 Å². The number of hydrogen-bond donors (Lipinski definition) is 1. The molecule has 0 spiro atoms. The van der Waals surface area contributed by atoms with Gasteiger partial charge in [-0.1, -0.05) is 27.7 Å². The van der Waals surface area contributed by atoms with Gasteiger partial charge in [0.05, 0.1) is 29.5 Å². The third-order valence-corrected chi connectivity index (χ3v) is 5.46. The van der Waals surface area contributed by atoms with Gasteiger partial charge in [0.15, 0.2) is 0 Å². The van der Waals surface area contributed by atoms with Crippen molar-refractivity contribution in [2.45, 2.75) is 72.8 Å². The van der Waals surface area contributed by atoms with E-state index in [9.17, 15) is 9.59 Å². The molecule has 1 N–H and O–H groups in total. The Balaban J connectivity index is 2.13. The lowest BCUT2D eigenvalue weighted by Crippen LogP contribution is -2.27. The molecular formula is C22H37N3O4. The highest BCUT2D eigenvalue weighted by molar-refractivity contribution is 5.96. The Morgan fingerprint density at radius 2 is 1.97 bits per heavy atom. The van der Waals surface area contributed by atoms with E-state index in [4.69, 9.17) is 14.6 Å². The number of esters is 1. The molecule has 0 fully saturated rings. The van der Waals surface area contributed by atoms with Crippen LogP contribution in [0.1, 0.15) is 75.1 Å². The fraction of sp³-hybridized carbons (Fsp3) is 0.773. The number of aromatic nitrogens is 2. The maximum atomic E-state index is 12.8. The Morgan fingerprint density at radius 3 is 2.66 bits per heavy atom. The molecule has 1 aliphatic heterocycles. The lowest BCUT2D eigenvalue weighted by atomic mass is 10.0. The topological polar surface area (TPSA) is 82.5 Å². The molecule has 0 aliphatic carbocycles. The molecule has 29 heavy (non-hydrogen) atoms. The van der Waals surface area contributed by atoms with Gasteiger partial charge in [0.2, 0.25) is 0 Å². The molecule has 0 saturated carbocycles. The average Bonchev–Trinajstić information content (AvgIpc) is 3.04. The molecule has 1 atom stereocenters. The second kappa shape index (κ2) is 12.0. The summed E-state index contributed by atoms with van der Waals surface area (Å²) >= 11 is 0. The van der Waals surface area contributed by atoms with Crippen LogP contribution < -0.4 is 5.32 Å². The zero-order valence-corrected chi connectivity index (χ0v) is 18.5. The molecule has 0 radical (unpaired) electrons. The van der Waals surface area contributed by atoms with Crippen molar-refractivity contribution in [2.24, 2.45) is 11.8 Å². The summed E-state index contributed by atoms with van der Waals surface area (Å²) in [5.74, 6) is -0.0799. The standard InChI is InChI=1S/C22H37N3O4/c1-5-17(6-2)22(27)29-15-16(4)14-25-19-10-8-12-28-13-9-11-23-21(26)20(19)18(7-3)24-25/h16-17H,5-15H2,1-4H3,(H,23,26)/t16-/m1/s1. The van der Waals surface area contributed by atoms with Crippen molar-refractivity contribution in [2.75, 3.05) is 26.4 Å². The van der Waals surface area contributed by atoms with E-state index in [-0.39, 0.29) is 23.7 Å². The number of ether oxygens (including phenoxy) is 2. The lowest BCUT2D eigenvalue weighted by molar-refractivity contribution is -0.150. The van der Waals surface area contributed by atoms with Crippen LogP contribution in [0.15, 0.2) is 0 Å². The lowest BCUT2D eigenvalue weighted by Gasteiger charge is -2.17. The third kappa shape index (κ3) is 6.56. The van der Waals surface area contributed by atoms with Gasteiger partial charge >= 0.3 is 5.97 Å². The fourth-order valence-corrected chi connectivity index (χ4v) is 3.69. The number of aryl methyl sites for hydroxylation is 1. The number of nitrogens with one attached hydrogen (secondary N) is 1. The normalized spacial score (nSPS) is 16.7. The summed E-state index contributed by atoms with van der Waals surface area (Å²) in [6.07, 6.45) is 4.72. The third-order valence-electron chi connectivity index (χ3n) is 5.46. The Hall–Kier alpha value is -1.89. The first-order valence-electron chi connectivity index (χ1n) is 11.1. The minimum atomic E-state index is -0.118. The highest BCUT2D eigenvalue weighted by Gasteiger charge is 2.24. The van der Waals surface area contributed by atoms with E-state index >= 15 is 0 Å². The first kappa shape index (κ1) is 23.4. The van der Waals surface area contributed by atoms with Crippen molar-refractivity contribution in [3.05, 3.63) is 17.0 Å². The molecule has 7 heteroatoms. The van der Waals surface area contributed by atoms with Crippen LogP contribution in [-0.2, 0) is 33.7 Å². The first-order chi connectivity index (χ1) is 14.0. The Morgan fingerprint density at radius 1 is 1.24 bits per heavy atom. The van der Waals surface area contributed by atoms with Gasteiger partial charge in [-0.3, -0.25) is 14.3 Å². The smallest absolute Gasteiger partial charge is 0.308 e. The molecule has 2 heterocycles. The summed E-state index contributed by atoms with van der Waals surface area (Å²) in [5.41, 5.74) is 2.51. The SMILES string of the molecule is CCc1nn(C[C@@H](C)COC(=O)C(CC)CC)c2c1C(=O)NCCCOCCC2. The van der Waals surface area contributed by atoms with Crippen LogP contribution in [0.3, 0.4) is 0 Å². The molecule has 0 aromatic carbocycles. The maximum absolute atomic E-state index is 12.8. The van der Waals surface area contributed by atoms with E-state index in [0.717, 1.165) is 49.1 Å².